The second-order valence-corrected chi connectivity index (χ2v) is 6.53. The van der Waals surface area contributed by atoms with Gasteiger partial charge in [-0.1, -0.05) is 34.6 Å². The maximum Gasteiger partial charge on any atom is 0.110 e. The molecule has 2 nitrogen and oxygen atoms in total. The van der Waals surface area contributed by atoms with Crippen molar-refractivity contribution in [3.05, 3.63) is 16.1 Å². The van der Waals surface area contributed by atoms with Crippen molar-refractivity contribution in [2.24, 2.45) is 11.8 Å². The number of nitrogens with one attached hydrogen (secondary N) is 1. The smallest absolute Gasteiger partial charge is 0.110 e. The maximum atomic E-state index is 4.77. The van der Waals surface area contributed by atoms with Gasteiger partial charge in [-0.25, -0.2) is 4.98 Å². The third-order valence-electron chi connectivity index (χ3n) is 3.12. The molecule has 0 aliphatic rings. The van der Waals surface area contributed by atoms with E-state index in [2.05, 4.69) is 45.3 Å². The van der Waals surface area contributed by atoms with Crippen molar-refractivity contribution < 1.29 is 0 Å². The highest BCUT2D eigenvalue weighted by Crippen LogP contribution is 2.30. The van der Waals surface area contributed by atoms with Crippen LogP contribution in [0.4, 0.5) is 0 Å². The Labute approximate surface area is 110 Å². The molecule has 0 amide bonds. The van der Waals surface area contributed by atoms with E-state index in [9.17, 15) is 0 Å². The largest absolute Gasteiger partial charge is 0.311 e. The highest BCUT2D eigenvalue weighted by molar-refractivity contribution is 7.09. The molecule has 3 heteroatoms. The molecule has 2 unspecified atom stereocenters. The minimum atomic E-state index is 0.398. The van der Waals surface area contributed by atoms with E-state index in [0.717, 1.165) is 5.92 Å². The standard InChI is InChI=1S/C14H26N2S/c1-9(2)7-11(5)13(15-6)14-16-12(8-17-14)10(3)4/h8-11,13,15H,7H2,1-6H3. The molecule has 2 atom stereocenters. The maximum absolute atomic E-state index is 4.77. The van der Waals surface area contributed by atoms with Gasteiger partial charge in [-0.15, -0.1) is 11.3 Å². The summed E-state index contributed by atoms with van der Waals surface area (Å²) < 4.78 is 0. The van der Waals surface area contributed by atoms with E-state index < -0.39 is 0 Å². The predicted octanol–water partition coefficient (Wildman–Crippen LogP) is 4.21. The molecule has 0 aliphatic heterocycles. The summed E-state index contributed by atoms with van der Waals surface area (Å²) in [6.45, 7) is 11.3. The first-order valence-corrected chi connectivity index (χ1v) is 7.46. The Morgan fingerprint density at radius 3 is 2.29 bits per heavy atom. The Morgan fingerprint density at radius 2 is 1.88 bits per heavy atom. The molecule has 0 aliphatic carbocycles. The third kappa shape index (κ3) is 4.07. The molecule has 0 bridgehead atoms. The fraction of sp³-hybridized carbons (Fsp3) is 0.786. The van der Waals surface area contributed by atoms with Gasteiger partial charge >= 0.3 is 0 Å². The molecule has 0 spiro atoms. The number of rotatable bonds is 6. The van der Waals surface area contributed by atoms with Crippen molar-refractivity contribution in [3.8, 4) is 0 Å². The number of hydrogen-bond acceptors (Lipinski definition) is 3. The van der Waals surface area contributed by atoms with Gasteiger partial charge in [0.25, 0.3) is 0 Å². The van der Waals surface area contributed by atoms with Gasteiger partial charge in [0, 0.05) is 5.38 Å². The first-order chi connectivity index (χ1) is 7.95. The molecule has 0 radical (unpaired) electrons. The van der Waals surface area contributed by atoms with E-state index in [4.69, 9.17) is 4.98 Å². The van der Waals surface area contributed by atoms with Gasteiger partial charge in [0.15, 0.2) is 0 Å². The van der Waals surface area contributed by atoms with Crippen LogP contribution in [-0.2, 0) is 0 Å². The first kappa shape index (κ1) is 14.7. The average molecular weight is 254 g/mol. The summed E-state index contributed by atoms with van der Waals surface area (Å²) >= 11 is 1.79. The second kappa shape index (κ2) is 6.50. The van der Waals surface area contributed by atoms with Gasteiger partial charge in [-0.05, 0) is 31.2 Å². The van der Waals surface area contributed by atoms with Crippen LogP contribution in [0.3, 0.4) is 0 Å². The normalized spacial score (nSPS) is 15.5. The van der Waals surface area contributed by atoms with Crippen LogP contribution < -0.4 is 5.32 Å². The van der Waals surface area contributed by atoms with E-state index in [1.54, 1.807) is 11.3 Å². The Bertz CT molecular complexity index is 331. The molecule has 1 aromatic rings. The van der Waals surface area contributed by atoms with E-state index >= 15 is 0 Å². The zero-order valence-corrected chi connectivity index (χ0v) is 12.8. The van der Waals surface area contributed by atoms with Gasteiger partial charge in [-0.3, -0.25) is 0 Å². The van der Waals surface area contributed by atoms with Crippen LogP contribution >= 0.6 is 11.3 Å². The summed E-state index contributed by atoms with van der Waals surface area (Å²) in [5, 5.41) is 6.86. The van der Waals surface area contributed by atoms with Crippen LogP contribution in [0, 0.1) is 11.8 Å². The van der Waals surface area contributed by atoms with Crippen molar-refractivity contribution in [2.75, 3.05) is 7.05 Å². The predicted molar refractivity (Wildman–Crippen MR) is 76.6 cm³/mol. The fourth-order valence-corrected chi connectivity index (χ4v) is 3.46. The summed E-state index contributed by atoms with van der Waals surface area (Å²) in [5.74, 6) is 1.90. The summed E-state index contributed by atoms with van der Waals surface area (Å²) in [7, 11) is 2.04. The average Bonchev–Trinajstić information content (AvgIpc) is 2.66. The van der Waals surface area contributed by atoms with Gasteiger partial charge in [-0.2, -0.15) is 0 Å². The van der Waals surface area contributed by atoms with Crippen LogP contribution in [0.15, 0.2) is 5.38 Å². The number of hydrogen-bond donors (Lipinski definition) is 1. The van der Waals surface area contributed by atoms with Crippen molar-refractivity contribution in [1.29, 1.82) is 0 Å². The molecule has 0 fully saturated rings. The minimum Gasteiger partial charge on any atom is -0.311 e. The van der Waals surface area contributed by atoms with Crippen LogP contribution in [-0.4, -0.2) is 12.0 Å². The summed E-state index contributed by atoms with van der Waals surface area (Å²) in [5.41, 5.74) is 1.22. The Morgan fingerprint density at radius 1 is 1.24 bits per heavy atom. The molecular formula is C14H26N2S. The zero-order valence-electron chi connectivity index (χ0n) is 11.9. The van der Waals surface area contributed by atoms with E-state index in [-0.39, 0.29) is 0 Å². The van der Waals surface area contributed by atoms with Gasteiger partial charge in [0.2, 0.25) is 0 Å². The van der Waals surface area contributed by atoms with E-state index in [0.29, 0.717) is 17.9 Å². The lowest BCUT2D eigenvalue weighted by Crippen LogP contribution is -2.24. The molecule has 17 heavy (non-hydrogen) atoms. The molecular weight excluding hydrogens is 228 g/mol. The SMILES string of the molecule is CNC(c1nc(C(C)C)cs1)C(C)CC(C)C. The molecule has 1 heterocycles. The van der Waals surface area contributed by atoms with Crippen LogP contribution in [0.2, 0.25) is 0 Å². The summed E-state index contributed by atoms with van der Waals surface area (Å²) in [6.07, 6.45) is 1.24. The lowest BCUT2D eigenvalue weighted by Gasteiger charge is -2.23. The fourth-order valence-electron chi connectivity index (χ4n) is 2.24. The van der Waals surface area contributed by atoms with Crippen molar-refractivity contribution >= 4 is 11.3 Å². The highest BCUT2D eigenvalue weighted by Gasteiger charge is 2.21. The van der Waals surface area contributed by atoms with E-state index in [1.807, 2.05) is 7.05 Å². The van der Waals surface area contributed by atoms with Gasteiger partial charge in [0.05, 0.1) is 11.7 Å². The minimum absolute atomic E-state index is 0.398. The van der Waals surface area contributed by atoms with Crippen molar-refractivity contribution in [2.45, 2.75) is 53.0 Å². The molecule has 1 rings (SSSR count). The van der Waals surface area contributed by atoms with Crippen molar-refractivity contribution in [3.63, 3.8) is 0 Å². The second-order valence-electron chi connectivity index (χ2n) is 5.64. The quantitative estimate of drug-likeness (QED) is 0.822. The zero-order chi connectivity index (χ0) is 13.0. The molecule has 1 aromatic heterocycles. The summed E-state index contributed by atoms with van der Waals surface area (Å²) in [6, 6.07) is 0.398. The lowest BCUT2D eigenvalue weighted by molar-refractivity contribution is 0.342. The van der Waals surface area contributed by atoms with Crippen LogP contribution in [0.1, 0.15) is 63.7 Å². The first-order valence-electron chi connectivity index (χ1n) is 6.58. The Kier molecular flexibility index (Phi) is 5.60. The number of aromatic nitrogens is 1. The van der Waals surface area contributed by atoms with Gasteiger partial charge in [0.1, 0.15) is 5.01 Å². The topological polar surface area (TPSA) is 24.9 Å². The highest BCUT2D eigenvalue weighted by atomic mass is 32.1. The number of nitrogens with zero attached hydrogens (tertiary/aromatic N) is 1. The third-order valence-corrected chi connectivity index (χ3v) is 4.07. The van der Waals surface area contributed by atoms with Crippen LogP contribution in [0.25, 0.3) is 0 Å². The monoisotopic (exact) mass is 254 g/mol. The number of thiazole rings is 1. The van der Waals surface area contributed by atoms with E-state index in [1.165, 1.54) is 17.1 Å². The molecule has 1 N–H and O–H groups in total. The molecule has 0 aromatic carbocycles. The molecule has 0 saturated carbocycles. The van der Waals surface area contributed by atoms with Crippen LogP contribution in [0.5, 0.6) is 0 Å². The lowest BCUT2D eigenvalue weighted by atomic mass is 9.92. The summed E-state index contributed by atoms with van der Waals surface area (Å²) in [4.78, 5) is 4.77. The molecule has 98 valence electrons. The van der Waals surface area contributed by atoms with Gasteiger partial charge < -0.3 is 5.32 Å². The van der Waals surface area contributed by atoms with Crippen molar-refractivity contribution in [1.82, 2.24) is 10.3 Å². The Balaban J connectivity index is 2.78. The molecule has 0 saturated heterocycles. The Hall–Kier alpha value is -0.410.